The molecule has 2 unspecified atom stereocenters. The van der Waals surface area contributed by atoms with Gasteiger partial charge < -0.3 is 10.5 Å². The average Bonchev–Trinajstić information content (AvgIpc) is 2.40. The summed E-state index contributed by atoms with van der Waals surface area (Å²) in [5.74, 6) is 0.766. The zero-order chi connectivity index (χ0) is 14.7. The van der Waals surface area contributed by atoms with E-state index in [1.807, 2.05) is 56.3 Å². The van der Waals surface area contributed by atoms with Crippen LogP contribution in [0.15, 0.2) is 46.9 Å². The molecule has 0 radical (unpaired) electrons. The fourth-order valence-corrected chi connectivity index (χ4v) is 2.40. The lowest BCUT2D eigenvalue weighted by Gasteiger charge is -2.24. The smallest absolute Gasteiger partial charge is 0.138 e. The van der Waals surface area contributed by atoms with E-state index in [-0.39, 0.29) is 12.1 Å². The average molecular weight is 355 g/mol. The molecule has 2 nitrogen and oxygen atoms in total. The minimum Gasteiger partial charge on any atom is -0.484 e. The topological polar surface area (TPSA) is 35.2 Å². The standard InChI is InChI=1S/C16H17BrClNO/c1-10-3-8-14(18)9-15(10)20-16(11(2)19)12-4-6-13(17)7-5-12/h3-9,11,16H,19H2,1-2H3. The second kappa shape index (κ2) is 6.61. The van der Waals surface area contributed by atoms with Crippen molar-refractivity contribution in [1.82, 2.24) is 0 Å². The Bertz CT molecular complexity index is 584. The third-order valence-electron chi connectivity index (χ3n) is 3.08. The summed E-state index contributed by atoms with van der Waals surface area (Å²) in [5.41, 5.74) is 8.16. The molecule has 0 aliphatic heterocycles. The second-order valence-corrected chi connectivity index (χ2v) is 6.21. The highest BCUT2D eigenvalue weighted by Gasteiger charge is 2.19. The maximum atomic E-state index is 6.09. The number of halogens is 2. The molecular formula is C16H17BrClNO. The highest BCUT2D eigenvalue weighted by Crippen LogP contribution is 2.29. The van der Waals surface area contributed by atoms with Gasteiger partial charge in [0.05, 0.1) is 0 Å². The molecule has 106 valence electrons. The van der Waals surface area contributed by atoms with Gasteiger partial charge in [-0.1, -0.05) is 45.7 Å². The van der Waals surface area contributed by atoms with Gasteiger partial charge in [-0.15, -0.1) is 0 Å². The Morgan fingerprint density at radius 2 is 1.80 bits per heavy atom. The summed E-state index contributed by atoms with van der Waals surface area (Å²) < 4.78 is 7.12. The van der Waals surface area contributed by atoms with Gasteiger partial charge in [0.25, 0.3) is 0 Å². The number of rotatable bonds is 4. The molecule has 0 heterocycles. The first-order valence-corrected chi connectivity index (χ1v) is 7.58. The number of aryl methyl sites for hydroxylation is 1. The van der Waals surface area contributed by atoms with E-state index in [0.29, 0.717) is 5.02 Å². The van der Waals surface area contributed by atoms with Crippen LogP contribution in [0, 0.1) is 6.92 Å². The quantitative estimate of drug-likeness (QED) is 0.849. The van der Waals surface area contributed by atoms with Crippen molar-refractivity contribution in [1.29, 1.82) is 0 Å². The second-order valence-electron chi connectivity index (χ2n) is 4.86. The van der Waals surface area contributed by atoms with Crippen molar-refractivity contribution in [2.75, 3.05) is 0 Å². The van der Waals surface area contributed by atoms with Crippen LogP contribution in [0.5, 0.6) is 5.75 Å². The summed E-state index contributed by atoms with van der Waals surface area (Å²) >= 11 is 9.46. The van der Waals surface area contributed by atoms with Gasteiger partial charge in [-0.05, 0) is 49.2 Å². The monoisotopic (exact) mass is 353 g/mol. The molecule has 0 aliphatic carbocycles. The van der Waals surface area contributed by atoms with E-state index in [1.165, 1.54) is 0 Å². The molecule has 0 aliphatic rings. The van der Waals surface area contributed by atoms with Crippen molar-refractivity contribution >= 4 is 27.5 Å². The molecule has 2 aromatic rings. The number of nitrogens with two attached hydrogens (primary N) is 1. The van der Waals surface area contributed by atoms with Crippen LogP contribution < -0.4 is 10.5 Å². The normalized spacial score (nSPS) is 13.8. The van der Waals surface area contributed by atoms with Crippen LogP contribution in [-0.4, -0.2) is 6.04 Å². The van der Waals surface area contributed by atoms with Gasteiger partial charge in [0.15, 0.2) is 0 Å². The predicted octanol–water partition coefficient (Wildman–Crippen LogP) is 4.88. The molecule has 0 saturated heterocycles. The van der Waals surface area contributed by atoms with Crippen molar-refractivity contribution < 1.29 is 4.74 Å². The summed E-state index contributed by atoms with van der Waals surface area (Å²) in [7, 11) is 0. The largest absolute Gasteiger partial charge is 0.484 e. The predicted molar refractivity (Wildman–Crippen MR) is 87.3 cm³/mol. The molecule has 0 saturated carbocycles. The molecule has 0 bridgehead atoms. The van der Waals surface area contributed by atoms with Gasteiger partial charge in [0.2, 0.25) is 0 Å². The first kappa shape index (κ1) is 15.4. The van der Waals surface area contributed by atoms with E-state index in [4.69, 9.17) is 22.1 Å². The minimum absolute atomic E-state index is 0.130. The fraction of sp³-hybridized carbons (Fsp3) is 0.250. The van der Waals surface area contributed by atoms with Gasteiger partial charge in [-0.25, -0.2) is 0 Å². The van der Waals surface area contributed by atoms with E-state index in [9.17, 15) is 0 Å². The van der Waals surface area contributed by atoms with Crippen molar-refractivity contribution in [2.24, 2.45) is 5.73 Å². The summed E-state index contributed by atoms with van der Waals surface area (Å²) in [6.07, 6.45) is -0.208. The highest BCUT2D eigenvalue weighted by atomic mass is 79.9. The minimum atomic E-state index is -0.208. The first-order chi connectivity index (χ1) is 9.47. The van der Waals surface area contributed by atoms with Gasteiger partial charge in [0.1, 0.15) is 11.9 Å². The van der Waals surface area contributed by atoms with E-state index in [0.717, 1.165) is 21.3 Å². The number of benzene rings is 2. The van der Waals surface area contributed by atoms with Gasteiger partial charge in [0, 0.05) is 15.5 Å². The summed E-state index contributed by atoms with van der Waals surface area (Å²) in [6, 6.07) is 13.5. The molecule has 2 rings (SSSR count). The Kier molecular flexibility index (Phi) is 5.08. The Balaban J connectivity index is 2.30. The molecule has 2 atom stereocenters. The molecule has 0 spiro atoms. The molecular weight excluding hydrogens is 338 g/mol. The van der Waals surface area contributed by atoms with Crippen molar-refractivity contribution in [3.63, 3.8) is 0 Å². The van der Waals surface area contributed by atoms with E-state index in [1.54, 1.807) is 0 Å². The third-order valence-corrected chi connectivity index (χ3v) is 3.84. The van der Waals surface area contributed by atoms with Crippen LogP contribution in [0.1, 0.15) is 24.2 Å². The van der Waals surface area contributed by atoms with Gasteiger partial charge >= 0.3 is 0 Å². The van der Waals surface area contributed by atoms with Crippen LogP contribution in [0.3, 0.4) is 0 Å². The number of ether oxygens (including phenoxy) is 1. The van der Waals surface area contributed by atoms with E-state index < -0.39 is 0 Å². The lowest BCUT2D eigenvalue weighted by molar-refractivity contribution is 0.179. The summed E-state index contributed by atoms with van der Waals surface area (Å²) in [5, 5.41) is 0.657. The zero-order valence-electron chi connectivity index (χ0n) is 11.4. The van der Waals surface area contributed by atoms with Crippen LogP contribution in [0.2, 0.25) is 5.02 Å². The van der Waals surface area contributed by atoms with E-state index >= 15 is 0 Å². The van der Waals surface area contributed by atoms with Crippen LogP contribution in [0.25, 0.3) is 0 Å². The SMILES string of the molecule is Cc1ccc(Cl)cc1OC(c1ccc(Br)cc1)C(C)N. The molecule has 0 amide bonds. The summed E-state index contributed by atoms with van der Waals surface area (Å²) in [6.45, 7) is 3.93. The molecule has 20 heavy (non-hydrogen) atoms. The van der Waals surface area contributed by atoms with Crippen molar-refractivity contribution in [2.45, 2.75) is 26.0 Å². The molecule has 0 aromatic heterocycles. The molecule has 4 heteroatoms. The van der Waals surface area contributed by atoms with Crippen molar-refractivity contribution in [3.8, 4) is 5.75 Å². The molecule has 0 fully saturated rings. The Hall–Kier alpha value is -1.03. The Morgan fingerprint density at radius 3 is 2.40 bits per heavy atom. The van der Waals surface area contributed by atoms with Crippen LogP contribution in [-0.2, 0) is 0 Å². The van der Waals surface area contributed by atoms with Crippen LogP contribution in [0.4, 0.5) is 0 Å². The summed E-state index contributed by atoms with van der Waals surface area (Å²) in [4.78, 5) is 0. The van der Waals surface area contributed by atoms with Gasteiger partial charge in [-0.2, -0.15) is 0 Å². The van der Waals surface area contributed by atoms with Crippen LogP contribution >= 0.6 is 27.5 Å². The zero-order valence-corrected chi connectivity index (χ0v) is 13.8. The van der Waals surface area contributed by atoms with Gasteiger partial charge in [-0.3, -0.25) is 0 Å². The number of hydrogen-bond acceptors (Lipinski definition) is 2. The Morgan fingerprint density at radius 1 is 1.15 bits per heavy atom. The third kappa shape index (κ3) is 3.75. The molecule has 2 aromatic carbocycles. The highest BCUT2D eigenvalue weighted by molar-refractivity contribution is 9.10. The van der Waals surface area contributed by atoms with E-state index in [2.05, 4.69) is 15.9 Å². The lowest BCUT2D eigenvalue weighted by atomic mass is 10.0. The first-order valence-electron chi connectivity index (χ1n) is 6.41. The maximum absolute atomic E-state index is 6.09. The Labute approximate surface area is 133 Å². The maximum Gasteiger partial charge on any atom is 0.138 e. The number of hydrogen-bond donors (Lipinski definition) is 1. The molecule has 2 N–H and O–H groups in total. The lowest BCUT2D eigenvalue weighted by Crippen LogP contribution is -2.29. The van der Waals surface area contributed by atoms with Crippen molar-refractivity contribution in [3.05, 3.63) is 63.1 Å². The fourth-order valence-electron chi connectivity index (χ4n) is 1.97.